The van der Waals surface area contributed by atoms with Crippen LogP contribution in [-0.2, 0) is 20.9 Å². The van der Waals surface area contributed by atoms with Crippen molar-refractivity contribution < 1.29 is 24.5 Å². The van der Waals surface area contributed by atoms with Gasteiger partial charge in [0.2, 0.25) is 0 Å². The van der Waals surface area contributed by atoms with Crippen LogP contribution in [0.3, 0.4) is 0 Å². The number of hydrogen-bond acceptors (Lipinski definition) is 5. The van der Waals surface area contributed by atoms with Crippen molar-refractivity contribution in [2.24, 2.45) is 0 Å². The Balaban J connectivity index is 2.61. The van der Waals surface area contributed by atoms with E-state index in [1.165, 1.54) is 7.11 Å². The van der Waals surface area contributed by atoms with Crippen LogP contribution in [-0.4, -0.2) is 42.1 Å². The molecule has 1 rings (SSSR count). The summed E-state index contributed by atoms with van der Waals surface area (Å²) in [7, 11) is 1.20. The second-order valence-electron chi connectivity index (χ2n) is 3.63. The van der Waals surface area contributed by atoms with E-state index >= 15 is 0 Å². The van der Waals surface area contributed by atoms with E-state index < -0.39 is 24.8 Å². The van der Waals surface area contributed by atoms with Gasteiger partial charge in [-0.3, -0.25) is 0 Å². The molecule has 0 aliphatic rings. The molecule has 0 heterocycles. The van der Waals surface area contributed by atoms with Crippen LogP contribution in [0.25, 0.3) is 0 Å². The molecule has 1 aromatic carbocycles. The van der Waals surface area contributed by atoms with E-state index in [0.29, 0.717) is 0 Å². The van der Waals surface area contributed by atoms with Crippen molar-refractivity contribution in [1.29, 1.82) is 0 Å². The average Bonchev–Trinajstić information content (AvgIpc) is 2.40. The predicted molar refractivity (Wildman–Crippen MR) is 67.8 cm³/mol. The third-order valence-corrected chi connectivity index (χ3v) is 2.84. The maximum absolute atomic E-state index is 11.4. The molecule has 0 unspecified atom stereocenters. The summed E-state index contributed by atoms with van der Waals surface area (Å²) < 4.78 is 10.7. The molecule has 0 spiro atoms. The maximum atomic E-state index is 11.4. The zero-order valence-corrected chi connectivity index (χ0v) is 11.5. The standard InChI is InChI=1S/C12H15BrO5/c1-17-12(16)11(10(15)6-14)18-7-8-2-4-9(13)5-3-8/h2-5,10-11,14-15H,6-7H2,1H3/t10-,11-/m1/s1. The highest BCUT2D eigenvalue weighted by Gasteiger charge is 2.28. The van der Waals surface area contributed by atoms with E-state index in [1.54, 1.807) is 0 Å². The number of ether oxygens (including phenoxy) is 2. The second kappa shape index (κ2) is 7.48. The summed E-state index contributed by atoms with van der Waals surface area (Å²) in [6.07, 6.45) is -2.49. The number of carbonyl (C=O) groups is 1. The molecule has 100 valence electrons. The molecule has 0 aliphatic heterocycles. The third kappa shape index (κ3) is 4.38. The van der Waals surface area contributed by atoms with E-state index in [9.17, 15) is 9.90 Å². The van der Waals surface area contributed by atoms with Crippen LogP contribution >= 0.6 is 15.9 Å². The summed E-state index contributed by atoms with van der Waals surface area (Å²) in [5.74, 6) is -0.714. The van der Waals surface area contributed by atoms with Gasteiger partial charge in [-0.2, -0.15) is 0 Å². The normalized spacial score (nSPS) is 14.0. The van der Waals surface area contributed by atoms with Gasteiger partial charge in [0, 0.05) is 4.47 Å². The Morgan fingerprint density at radius 3 is 2.50 bits per heavy atom. The summed E-state index contributed by atoms with van der Waals surface area (Å²) in [6.45, 7) is -0.426. The lowest BCUT2D eigenvalue weighted by atomic mass is 10.2. The van der Waals surface area contributed by atoms with Gasteiger partial charge in [-0.15, -0.1) is 0 Å². The van der Waals surface area contributed by atoms with Crippen LogP contribution in [0.5, 0.6) is 0 Å². The first-order chi connectivity index (χ1) is 8.58. The van der Waals surface area contributed by atoms with Crippen molar-refractivity contribution in [3.63, 3.8) is 0 Å². The number of rotatable bonds is 6. The third-order valence-electron chi connectivity index (χ3n) is 2.31. The van der Waals surface area contributed by atoms with Crippen molar-refractivity contribution in [3.05, 3.63) is 34.3 Å². The topological polar surface area (TPSA) is 76.0 Å². The molecule has 0 fully saturated rings. The fraction of sp³-hybridized carbons (Fsp3) is 0.417. The SMILES string of the molecule is COC(=O)[C@H](OCc1ccc(Br)cc1)[C@H](O)CO. The number of esters is 1. The van der Waals surface area contributed by atoms with E-state index in [1.807, 2.05) is 24.3 Å². The Kier molecular flexibility index (Phi) is 6.28. The highest BCUT2D eigenvalue weighted by molar-refractivity contribution is 9.10. The Labute approximate surface area is 113 Å². The average molecular weight is 319 g/mol. The fourth-order valence-electron chi connectivity index (χ4n) is 1.31. The minimum absolute atomic E-state index is 0.143. The summed E-state index contributed by atoms with van der Waals surface area (Å²) in [6, 6.07) is 7.33. The van der Waals surface area contributed by atoms with Crippen LogP contribution in [0.1, 0.15) is 5.56 Å². The molecule has 1 aromatic rings. The van der Waals surface area contributed by atoms with E-state index in [2.05, 4.69) is 20.7 Å². The lowest BCUT2D eigenvalue weighted by Gasteiger charge is -2.19. The highest BCUT2D eigenvalue weighted by atomic mass is 79.9. The maximum Gasteiger partial charge on any atom is 0.337 e. The van der Waals surface area contributed by atoms with Gasteiger partial charge in [0.25, 0.3) is 0 Å². The lowest BCUT2D eigenvalue weighted by Crippen LogP contribution is -2.39. The Morgan fingerprint density at radius 2 is 2.00 bits per heavy atom. The first-order valence-corrected chi connectivity index (χ1v) is 6.10. The summed E-state index contributed by atoms with van der Waals surface area (Å²) >= 11 is 3.31. The quantitative estimate of drug-likeness (QED) is 0.761. The van der Waals surface area contributed by atoms with Crippen LogP contribution in [0.15, 0.2) is 28.7 Å². The molecular weight excluding hydrogens is 304 g/mol. The number of aliphatic hydroxyl groups excluding tert-OH is 2. The van der Waals surface area contributed by atoms with Gasteiger partial charge in [-0.05, 0) is 17.7 Å². The first-order valence-electron chi connectivity index (χ1n) is 5.31. The molecule has 6 heteroatoms. The van der Waals surface area contributed by atoms with Gasteiger partial charge < -0.3 is 19.7 Å². The molecule has 0 saturated carbocycles. The van der Waals surface area contributed by atoms with Crippen molar-refractivity contribution >= 4 is 21.9 Å². The summed E-state index contributed by atoms with van der Waals surface area (Å²) in [5.41, 5.74) is 0.845. The number of halogens is 1. The number of benzene rings is 1. The van der Waals surface area contributed by atoms with Crippen molar-refractivity contribution in [2.75, 3.05) is 13.7 Å². The van der Waals surface area contributed by atoms with Gasteiger partial charge in [0.15, 0.2) is 6.10 Å². The van der Waals surface area contributed by atoms with Crippen molar-refractivity contribution in [1.82, 2.24) is 0 Å². The molecule has 0 aliphatic carbocycles. The van der Waals surface area contributed by atoms with E-state index in [-0.39, 0.29) is 6.61 Å². The second-order valence-corrected chi connectivity index (χ2v) is 4.55. The number of carbonyl (C=O) groups excluding carboxylic acids is 1. The van der Waals surface area contributed by atoms with Gasteiger partial charge in [-0.25, -0.2) is 4.79 Å². The molecule has 18 heavy (non-hydrogen) atoms. The highest BCUT2D eigenvalue weighted by Crippen LogP contribution is 2.13. The number of hydrogen-bond donors (Lipinski definition) is 2. The fourth-order valence-corrected chi connectivity index (χ4v) is 1.58. The van der Waals surface area contributed by atoms with Gasteiger partial charge >= 0.3 is 5.97 Å². The Bertz CT molecular complexity index is 379. The number of aliphatic hydroxyl groups is 2. The van der Waals surface area contributed by atoms with E-state index in [0.717, 1.165) is 10.0 Å². The molecular formula is C12H15BrO5. The summed E-state index contributed by atoms with van der Waals surface area (Å²) in [5, 5.41) is 18.3. The minimum atomic E-state index is -1.30. The van der Waals surface area contributed by atoms with Gasteiger partial charge in [0.1, 0.15) is 6.10 Å². The predicted octanol–water partition coefficient (Wildman–Crippen LogP) is 0.860. The largest absolute Gasteiger partial charge is 0.467 e. The van der Waals surface area contributed by atoms with Crippen LogP contribution in [0.4, 0.5) is 0 Å². The zero-order chi connectivity index (χ0) is 13.5. The molecule has 0 amide bonds. The monoisotopic (exact) mass is 318 g/mol. The summed E-state index contributed by atoms with van der Waals surface area (Å²) in [4.78, 5) is 11.4. The van der Waals surface area contributed by atoms with Gasteiger partial charge in [0.05, 0.1) is 20.3 Å². The van der Waals surface area contributed by atoms with Crippen LogP contribution < -0.4 is 0 Å². The van der Waals surface area contributed by atoms with E-state index in [4.69, 9.17) is 9.84 Å². The van der Waals surface area contributed by atoms with Crippen LogP contribution in [0, 0.1) is 0 Å². The smallest absolute Gasteiger partial charge is 0.337 e. The molecule has 5 nitrogen and oxygen atoms in total. The zero-order valence-electron chi connectivity index (χ0n) is 9.88. The lowest BCUT2D eigenvalue weighted by molar-refractivity contribution is -0.165. The van der Waals surface area contributed by atoms with Gasteiger partial charge in [-0.1, -0.05) is 28.1 Å². The minimum Gasteiger partial charge on any atom is -0.467 e. The molecule has 0 aromatic heterocycles. The molecule has 2 atom stereocenters. The van der Waals surface area contributed by atoms with Crippen molar-refractivity contribution in [2.45, 2.75) is 18.8 Å². The molecule has 0 radical (unpaired) electrons. The Morgan fingerprint density at radius 1 is 1.39 bits per heavy atom. The molecule has 2 N–H and O–H groups in total. The van der Waals surface area contributed by atoms with Crippen molar-refractivity contribution in [3.8, 4) is 0 Å². The molecule has 0 bridgehead atoms. The first kappa shape index (κ1) is 15.1. The number of methoxy groups -OCH3 is 1. The van der Waals surface area contributed by atoms with Crippen LogP contribution in [0.2, 0.25) is 0 Å². The molecule has 0 saturated heterocycles. The Hall–Kier alpha value is -0.950.